The number of nitrogens with zero attached hydrogens (tertiary/aromatic N) is 5. The summed E-state index contributed by atoms with van der Waals surface area (Å²) in [6.45, 7) is 0. The van der Waals surface area contributed by atoms with Crippen LogP contribution in [0.5, 0.6) is 0 Å². The Morgan fingerprint density at radius 2 is 1.90 bits per heavy atom. The Morgan fingerprint density at radius 3 is 2.77 bits per heavy atom. The van der Waals surface area contributed by atoms with Gasteiger partial charge in [0, 0.05) is 42.0 Å². The third kappa shape index (κ3) is 2.51. The molecule has 0 atom stereocenters. The molecule has 0 aliphatic rings. The van der Waals surface area contributed by atoms with Crippen molar-refractivity contribution in [2.24, 2.45) is 7.05 Å². The SMILES string of the molecule is Cn1c(=O)n(-c2cccnc2F)c2c3cc(-c4cnc5[nH]ccc5c4)ccc3ncc21. The normalized spacial score (nSPS) is 11.7. The molecule has 8 heteroatoms. The van der Waals surface area contributed by atoms with E-state index in [9.17, 15) is 9.18 Å². The summed E-state index contributed by atoms with van der Waals surface area (Å²) in [6, 6.07) is 13.0. The molecule has 31 heavy (non-hydrogen) atoms. The van der Waals surface area contributed by atoms with Crippen molar-refractivity contribution in [3.63, 3.8) is 0 Å². The summed E-state index contributed by atoms with van der Waals surface area (Å²) in [5, 5.41) is 1.74. The lowest BCUT2D eigenvalue weighted by Crippen LogP contribution is -2.21. The number of aromatic amines is 1. The number of nitrogens with one attached hydrogen (secondary N) is 1. The Hall–Kier alpha value is -4.33. The number of benzene rings is 1. The van der Waals surface area contributed by atoms with E-state index in [4.69, 9.17) is 0 Å². The molecule has 150 valence electrons. The Balaban J connectivity index is 1.70. The Morgan fingerprint density at radius 1 is 1.00 bits per heavy atom. The highest BCUT2D eigenvalue weighted by Crippen LogP contribution is 2.30. The molecule has 5 heterocycles. The number of fused-ring (bicyclic) bond motifs is 4. The van der Waals surface area contributed by atoms with E-state index in [0.717, 1.165) is 27.5 Å². The fraction of sp³-hybridized carbons (Fsp3) is 0.0435. The number of H-pyrrole nitrogens is 1. The minimum atomic E-state index is -0.708. The average molecular weight is 410 g/mol. The number of aryl methyl sites for hydroxylation is 1. The second-order valence-corrected chi connectivity index (χ2v) is 7.35. The number of hydrogen-bond acceptors (Lipinski definition) is 4. The number of rotatable bonds is 2. The lowest BCUT2D eigenvalue weighted by molar-refractivity contribution is 0.574. The molecule has 0 amide bonds. The number of halogens is 1. The van der Waals surface area contributed by atoms with Crippen molar-refractivity contribution in [2.75, 3.05) is 0 Å². The van der Waals surface area contributed by atoms with E-state index in [2.05, 4.69) is 19.9 Å². The maximum atomic E-state index is 14.5. The maximum absolute atomic E-state index is 14.5. The van der Waals surface area contributed by atoms with Crippen LogP contribution in [0.1, 0.15) is 0 Å². The highest BCUT2D eigenvalue weighted by molar-refractivity contribution is 6.04. The molecule has 0 saturated carbocycles. The number of hydrogen-bond donors (Lipinski definition) is 1. The van der Waals surface area contributed by atoms with Crippen molar-refractivity contribution >= 4 is 33.0 Å². The zero-order valence-electron chi connectivity index (χ0n) is 16.4. The van der Waals surface area contributed by atoms with Crippen molar-refractivity contribution < 1.29 is 4.39 Å². The lowest BCUT2D eigenvalue weighted by Gasteiger charge is -2.08. The van der Waals surface area contributed by atoms with Crippen molar-refractivity contribution in [2.45, 2.75) is 0 Å². The van der Waals surface area contributed by atoms with E-state index < -0.39 is 5.95 Å². The third-order valence-corrected chi connectivity index (χ3v) is 5.60. The Kier molecular flexibility index (Phi) is 3.58. The molecule has 1 aromatic carbocycles. The largest absolute Gasteiger partial charge is 0.346 e. The van der Waals surface area contributed by atoms with Crippen LogP contribution in [-0.4, -0.2) is 29.1 Å². The summed E-state index contributed by atoms with van der Waals surface area (Å²) >= 11 is 0. The summed E-state index contributed by atoms with van der Waals surface area (Å²) in [5.74, 6) is -0.708. The van der Waals surface area contributed by atoms with Crippen LogP contribution < -0.4 is 5.69 Å². The summed E-state index contributed by atoms with van der Waals surface area (Å²) < 4.78 is 17.4. The van der Waals surface area contributed by atoms with Gasteiger partial charge in [-0.3, -0.25) is 14.1 Å². The summed E-state index contributed by atoms with van der Waals surface area (Å²) in [4.78, 5) is 28.8. The molecule has 0 bridgehead atoms. The van der Waals surface area contributed by atoms with Gasteiger partial charge in [-0.05, 0) is 42.0 Å². The van der Waals surface area contributed by atoms with Gasteiger partial charge in [-0.1, -0.05) is 6.07 Å². The van der Waals surface area contributed by atoms with Crippen molar-refractivity contribution in [3.05, 3.63) is 83.7 Å². The van der Waals surface area contributed by atoms with E-state index in [1.54, 1.807) is 31.6 Å². The molecular weight excluding hydrogens is 395 g/mol. The van der Waals surface area contributed by atoms with E-state index in [-0.39, 0.29) is 11.4 Å². The van der Waals surface area contributed by atoms with Crippen LogP contribution in [0, 0.1) is 5.95 Å². The average Bonchev–Trinajstić information content (AvgIpc) is 3.36. The van der Waals surface area contributed by atoms with Crippen molar-refractivity contribution in [3.8, 4) is 16.8 Å². The van der Waals surface area contributed by atoms with Crippen LogP contribution >= 0.6 is 0 Å². The maximum Gasteiger partial charge on any atom is 0.333 e. The van der Waals surface area contributed by atoms with Crippen molar-refractivity contribution in [1.82, 2.24) is 29.1 Å². The van der Waals surface area contributed by atoms with Gasteiger partial charge in [0.2, 0.25) is 5.95 Å². The molecule has 0 radical (unpaired) electrons. The first-order chi connectivity index (χ1) is 15.1. The predicted molar refractivity (Wildman–Crippen MR) is 117 cm³/mol. The summed E-state index contributed by atoms with van der Waals surface area (Å²) in [6.07, 6.45) is 6.64. The zero-order valence-corrected chi connectivity index (χ0v) is 16.4. The number of pyridine rings is 3. The van der Waals surface area contributed by atoms with E-state index >= 15 is 0 Å². The topological polar surface area (TPSA) is 81.4 Å². The van der Waals surface area contributed by atoms with Crippen LogP contribution in [0.2, 0.25) is 0 Å². The second kappa shape index (κ2) is 6.33. The van der Waals surface area contributed by atoms with Gasteiger partial charge >= 0.3 is 5.69 Å². The van der Waals surface area contributed by atoms with Gasteiger partial charge in [0.1, 0.15) is 11.3 Å². The van der Waals surface area contributed by atoms with E-state index in [1.807, 2.05) is 36.5 Å². The quantitative estimate of drug-likeness (QED) is 0.438. The molecule has 0 fully saturated rings. The van der Waals surface area contributed by atoms with E-state index in [0.29, 0.717) is 16.6 Å². The fourth-order valence-electron chi connectivity index (χ4n) is 4.04. The smallest absolute Gasteiger partial charge is 0.333 e. The molecule has 0 aliphatic heterocycles. The fourth-order valence-corrected chi connectivity index (χ4v) is 4.04. The first-order valence-corrected chi connectivity index (χ1v) is 9.66. The van der Waals surface area contributed by atoms with Gasteiger partial charge in [0.15, 0.2) is 0 Å². The zero-order chi connectivity index (χ0) is 21.1. The van der Waals surface area contributed by atoms with Crippen LogP contribution in [0.25, 0.3) is 49.8 Å². The van der Waals surface area contributed by atoms with Gasteiger partial charge in [-0.25, -0.2) is 14.8 Å². The van der Waals surface area contributed by atoms with Gasteiger partial charge in [0.05, 0.1) is 22.7 Å². The minimum absolute atomic E-state index is 0.103. The van der Waals surface area contributed by atoms with Crippen molar-refractivity contribution in [1.29, 1.82) is 0 Å². The Bertz CT molecular complexity index is 1690. The highest BCUT2D eigenvalue weighted by Gasteiger charge is 2.19. The van der Waals surface area contributed by atoms with Crippen LogP contribution in [0.3, 0.4) is 0 Å². The number of imidazole rings is 1. The Labute approximate surface area is 174 Å². The predicted octanol–water partition coefficient (Wildman–Crippen LogP) is 3.95. The molecular formula is C23H15FN6O. The van der Waals surface area contributed by atoms with Gasteiger partial charge in [-0.15, -0.1) is 0 Å². The molecule has 0 spiro atoms. The van der Waals surface area contributed by atoms with Crippen LogP contribution in [0.4, 0.5) is 4.39 Å². The third-order valence-electron chi connectivity index (χ3n) is 5.60. The van der Waals surface area contributed by atoms with Crippen LogP contribution in [-0.2, 0) is 7.05 Å². The van der Waals surface area contributed by atoms with Gasteiger partial charge < -0.3 is 4.98 Å². The minimum Gasteiger partial charge on any atom is -0.346 e. The molecule has 6 aromatic rings. The molecule has 1 N–H and O–H groups in total. The monoisotopic (exact) mass is 410 g/mol. The van der Waals surface area contributed by atoms with E-state index in [1.165, 1.54) is 15.3 Å². The second-order valence-electron chi connectivity index (χ2n) is 7.35. The number of aromatic nitrogens is 6. The lowest BCUT2D eigenvalue weighted by atomic mass is 10.0. The first kappa shape index (κ1) is 17.5. The molecule has 0 saturated heterocycles. The van der Waals surface area contributed by atoms with Crippen LogP contribution in [0.15, 0.2) is 72.0 Å². The molecule has 6 rings (SSSR count). The van der Waals surface area contributed by atoms with Gasteiger partial charge in [-0.2, -0.15) is 4.39 Å². The summed E-state index contributed by atoms with van der Waals surface area (Å²) in [7, 11) is 1.65. The first-order valence-electron chi connectivity index (χ1n) is 9.66. The highest BCUT2D eigenvalue weighted by atomic mass is 19.1. The molecule has 5 aromatic heterocycles. The molecule has 0 unspecified atom stereocenters. The standard InChI is InChI=1S/C23H15FN6O/c1-29-19-12-27-17-5-4-13(15-9-14-6-8-26-22(14)28-11-15)10-16(17)20(19)30(23(29)31)18-3-2-7-25-21(18)24/h2-12H,1H3,(H,26,28). The molecule has 7 nitrogen and oxygen atoms in total. The summed E-state index contributed by atoms with van der Waals surface area (Å²) in [5.41, 5.74) is 4.31. The molecule has 0 aliphatic carbocycles. The van der Waals surface area contributed by atoms with Gasteiger partial charge in [0.25, 0.3) is 0 Å².